The molecule has 1 aromatic rings. The smallest absolute Gasteiger partial charge is 0.286 e. The SMILES string of the molecule is CNCCSc1nnc(C(=O)[C@H](CC(C)C)NC(=O)C=CC(C)(C)C)o1.Cl. The van der Waals surface area contributed by atoms with Crippen LogP contribution >= 0.6 is 24.2 Å². The molecule has 0 unspecified atom stereocenters. The van der Waals surface area contributed by atoms with Crippen molar-refractivity contribution < 1.29 is 14.0 Å². The van der Waals surface area contributed by atoms with Gasteiger partial charge in [0.25, 0.3) is 11.1 Å². The molecule has 0 aliphatic carbocycles. The number of nitrogens with one attached hydrogen (secondary N) is 2. The van der Waals surface area contributed by atoms with E-state index in [1.54, 1.807) is 0 Å². The van der Waals surface area contributed by atoms with Crippen LogP contribution in [0.25, 0.3) is 0 Å². The number of carbonyl (C=O) groups excluding carboxylic acids is 2. The summed E-state index contributed by atoms with van der Waals surface area (Å²) in [6, 6.07) is -0.692. The molecule has 0 fully saturated rings. The average Bonchev–Trinajstić information content (AvgIpc) is 2.99. The van der Waals surface area contributed by atoms with Crippen LogP contribution in [0.1, 0.15) is 51.7 Å². The molecule has 1 rings (SSSR count). The highest BCUT2D eigenvalue weighted by Gasteiger charge is 2.27. The number of carbonyl (C=O) groups is 2. The summed E-state index contributed by atoms with van der Waals surface area (Å²) in [5, 5.41) is 13.9. The molecule has 1 atom stereocenters. The number of halogens is 1. The molecule has 0 spiro atoms. The molecule has 1 amide bonds. The number of nitrogens with zero attached hydrogens (tertiary/aromatic N) is 2. The molecular weight excluding hydrogens is 388 g/mol. The minimum atomic E-state index is -0.692. The molecule has 0 aliphatic heterocycles. The minimum Gasteiger partial charge on any atom is -0.408 e. The molecule has 0 bridgehead atoms. The molecule has 1 aromatic heterocycles. The molecule has 0 radical (unpaired) electrons. The molecule has 7 nitrogen and oxygen atoms in total. The van der Waals surface area contributed by atoms with Crippen molar-refractivity contribution in [1.29, 1.82) is 0 Å². The molecule has 2 N–H and O–H groups in total. The third-order valence-electron chi connectivity index (χ3n) is 3.27. The van der Waals surface area contributed by atoms with Crippen molar-refractivity contribution in [3.05, 3.63) is 18.0 Å². The lowest BCUT2D eigenvalue weighted by atomic mass is 9.96. The fourth-order valence-corrected chi connectivity index (χ4v) is 2.72. The molecule has 0 saturated carbocycles. The normalized spacial score (nSPS) is 12.9. The van der Waals surface area contributed by atoms with E-state index < -0.39 is 6.04 Å². The zero-order chi connectivity index (χ0) is 19.7. The highest BCUT2D eigenvalue weighted by atomic mass is 35.5. The van der Waals surface area contributed by atoms with Crippen LogP contribution in [0.3, 0.4) is 0 Å². The van der Waals surface area contributed by atoms with Crippen molar-refractivity contribution in [2.45, 2.75) is 52.3 Å². The van der Waals surface area contributed by atoms with Crippen LogP contribution in [0.4, 0.5) is 0 Å². The largest absolute Gasteiger partial charge is 0.408 e. The van der Waals surface area contributed by atoms with Gasteiger partial charge in [0.05, 0.1) is 6.04 Å². The summed E-state index contributed by atoms with van der Waals surface area (Å²) in [6.07, 6.45) is 3.77. The summed E-state index contributed by atoms with van der Waals surface area (Å²) < 4.78 is 5.44. The maximum absolute atomic E-state index is 12.7. The number of thioether (sulfide) groups is 1. The molecule has 0 aliphatic rings. The minimum absolute atomic E-state index is 0. The van der Waals surface area contributed by atoms with Crippen LogP contribution in [0.5, 0.6) is 0 Å². The molecule has 0 saturated heterocycles. The van der Waals surface area contributed by atoms with E-state index in [-0.39, 0.29) is 41.3 Å². The van der Waals surface area contributed by atoms with Gasteiger partial charge in [0.1, 0.15) is 0 Å². The molecule has 1 heterocycles. The number of rotatable bonds is 10. The Morgan fingerprint density at radius 3 is 2.48 bits per heavy atom. The number of amides is 1. The Morgan fingerprint density at radius 1 is 1.26 bits per heavy atom. The average molecular weight is 419 g/mol. The van der Waals surface area contributed by atoms with Crippen LogP contribution in [0, 0.1) is 11.3 Å². The summed E-state index contributed by atoms with van der Waals surface area (Å²) >= 11 is 1.38. The van der Waals surface area contributed by atoms with Crippen molar-refractivity contribution in [1.82, 2.24) is 20.8 Å². The Bertz CT molecular complexity index is 626. The van der Waals surface area contributed by atoms with Crippen molar-refractivity contribution in [2.24, 2.45) is 11.3 Å². The Morgan fingerprint density at radius 2 is 1.93 bits per heavy atom. The third-order valence-corrected chi connectivity index (χ3v) is 4.09. The second-order valence-electron chi connectivity index (χ2n) is 7.58. The standard InChI is InChI=1S/C18H30N4O3S.ClH/c1-12(2)11-13(20-14(23)7-8-18(3,4)5)15(24)16-21-22-17(25-16)26-10-9-19-6;/h7-8,12-13,19H,9-11H2,1-6H3,(H,20,23);1H/t13-;/m0./s1. The predicted octanol–water partition coefficient (Wildman–Crippen LogP) is 3.12. The van der Waals surface area contributed by atoms with Gasteiger partial charge < -0.3 is 15.1 Å². The van der Waals surface area contributed by atoms with E-state index in [4.69, 9.17) is 4.42 Å². The van der Waals surface area contributed by atoms with Crippen molar-refractivity contribution >= 4 is 35.9 Å². The van der Waals surface area contributed by atoms with E-state index in [1.807, 2.05) is 47.7 Å². The molecule has 0 aromatic carbocycles. The second kappa shape index (κ2) is 12.2. The second-order valence-corrected chi connectivity index (χ2v) is 8.63. The van der Waals surface area contributed by atoms with Crippen molar-refractivity contribution in [3.8, 4) is 0 Å². The zero-order valence-corrected chi connectivity index (χ0v) is 18.5. The van der Waals surface area contributed by atoms with E-state index in [2.05, 4.69) is 20.8 Å². The van der Waals surface area contributed by atoms with Crippen LogP contribution in [-0.2, 0) is 4.79 Å². The number of allylic oxidation sites excluding steroid dienone is 1. The fourth-order valence-electron chi connectivity index (χ4n) is 2.01. The maximum Gasteiger partial charge on any atom is 0.286 e. The van der Waals surface area contributed by atoms with Gasteiger partial charge in [-0.05, 0) is 30.9 Å². The van der Waals surface area contributed by atoms with E-state index in [9.17, 15) is 9.59 Å². The first-order valence-electron chi connectivity index (χ1n) is 8.77. The zero-order valence-electron chi connectivity index (χ0n) is 16.9. The van der Waals surface area contributed by atoms with Crippen LogP contribution in [0.15, 0.2) is 21.8 Å². The van der Waals surface area contributed by atoms with E-state index in [1.165, 1.54) is 17.8 Å². The topological polar surface area (TPSA) is 97.1 Å². The molecule has 27 heavy (non-hydrogen) atoms. The predicted molar refractivity (Wildman–Crippen MR) is 111 cm³/mol. The first kappa shape index (κ1) is 25.6. The third kappa shape index (κ3) is 10.5. The van der Waals surface area contributed by atoms with Gasteiger partial charge in [0.2, 0.25) is 11.7 Å². The number of hydrogen-bond donors (Lipinski definition) is 2. The Kier molecular flexibility index (Phi) is 11.5. The fraction of sp³-hybridized carbons (Fsp3) is 0.667. The van der Waals surface area contributed by atoms with Gasteiger partial charge in [-0.2, -0.15) is 0 Å². The first-order chi connectivity index (χ1) is 12.1. The summed E-state index contributed by atoms with van der Waals surface area (Å²) in [5.74, 6) is 0.257. The first-order valence-corrected chi connectivity index (χ1v) is 9.75. The van der Waals surface area contributed by atoms with Gasteiger partial charge in [0, 0.05) is 12.3 Å². The quantitative estimate of drug-likeness (QED) is 0.261. The lowest BCUT2D eigenvalue weighted by Crippen LogP contribution is -2.41. The monoisotopic (exact) mass is 418 g/mol. The number of hydrogen-bond acceptors (Lipinski definition) is 7. The van der Waals surface area contributed by atoms with Crippen LogP contribution in [-0.4, -0.2) is 47.3 Å². The molecule has 154 valence electrons. The van der Waals surface area contributed by atoms with Gasteiger partial charge in [-0.1, -0.05) is 52.5 Å². The highest BCUT2D eigenvalue weighted by Crippen LogP contribution is 2.18. The molecular formula is C18H31ClN4O3S. The van der Waals surface area contributed by atoms with Gasteiger partial charge in [0.15, 0.2) is 0 Å². The van der Waals surface area contributed by atoms with Gasteiger partial charge in [-0.25, -0.2) is 0 Å². The lowest BCUT2D eigenvalue weighted by Gasteiger charge is -2.17. The number of ketones is 1. The van der Waals surface area contributed by atoms with E-state index >= 15 is 0 Å². The summed E-state index contributed by atoms with van der Waals surface area (Å²) in [4.78, 5) is 24.9. The van der Waals surface area contributed by atoms with E-state index in [0.717, 1.165) is 12.3 Å². The van der Waals surface area contributed by atoms with Gasteiger partial charge in [-0.3, -0.25) is 9.59 Å². The summed E-state index contributed by atoms with van der Waals surface area (Å²) in [5.41, 5.74) is -0.110. The van der Waals surface area contributed by atoms with Crippen LogP contribution < -0.4 is 10.6 Å². The van der Waals surface area contributed by atoms with Gasteiger partial charge >= 0.3 is 0 Å². The Labute approximate surface area is 171 Å². The Balaban J connectivity index is 0.00000676. The summed E-state index contributed by atoms with van der Waals surface area (Å²) in [6.45, 7) is 10.8. The summed E-state index contributed by atoms with van der Waals surface area (Å²) in [7, 11) is 1.86. The van der Waals surface area contributed by atoms with Crippen molar-refractivity contribution in [2.75, 3.05) is 19.3 Å². The Hall–Kier alpha value is -1.38. The van der Waals surface area contributed by atoms with Crippen LogP contribution in [0.2, 0.25) is 0 Å². The van der Waals surface area contributed by atoms with E-state index in [0.29, 0.717) is 11.6 Å². The number of Topliss-reactive ketones (excluding diaryl/α,β-unsaturated/α-hetero) is 1. The lowest BCUT2D eigenvalue weighted by molar-refractivity contribution is -0.117. The maximum atomic E-state index is 12.7. The molecule has 9 heteroatoms. The number of aromatic nitrogens is 2. The van der Waals surface area contributed by atoms with Gasteiger partial charge in [-0.15, -0.1) is 22.6 Å². The van der Waals surface area contributed by atoms with Crippen molar-refractivity contribution in [3.63, 3.8) is 0 Å². The highest BCUT2D eigenvalue weighted by molar-refractivity contribution is 7.99.